The molecule has 1 fully saturated rings. The Balaban J connectivity index is 0.781. The number of unbranched alkanes of at least 4 members (excludes halogenated alkanes) is 2. The lowest BCUT2D eigenvalue weighted by Crippen LogP contribution is -2.52. The molecule has 0 saturated carbocycles. The summed E-state index contributed by atoms with van der Waals surface area (Å²) >= 11 is 0. The Labute approximate surface area is 452 Å². The first-order valence-corrected chi connectivity index (χ1v) is 26.4. The Morgan fingerprint density at radius 1 is 0.861 bits per heavy atom. The Morgan fingerprint density at radius 3 is 2.30 bits per heavy atom. The molecule has 1 unspecified atom stereocenters. The van der Waals surface area contributed by atoms with E-state index in [1.807, 2.05) is 0 Å². The van der Waals surface area contributed by atoms with E-state index in [0.29, 0.717) is 88.9 Å². The van der Waals surface area contributed by atoms with Crippen LogP contribution in [0, 0.1) is 18.7 Å². The van der Waals surface area contributed by atoms with Gasteiger partial charge in [-0.1, -0.05) is 50.6 Å². The van der Waals surface area contributed by atoms with Crippen LogP contribution in [0.2, 0.25) is 0 Å². The van der Waals surface area contributed by atoms with Gasteiger partial charge in [0.1, 0.15) is 18.5 Å². The first-order valence-electron chi connectivity index (χ1n) is 26.4. The third kappa shape index (κ3) is 11.5. The van der Waals surface area contributed by atoms with Gasteiger partial charge in [0.15, 0.2) is 5.60 Å². The summed E-state index contributed by atoms with van der Waals surface area (Å²) in [6.45, 7) is 3.68. The van der Waals surface area contributed by atoms with Crippen molar-refractivity contribution in [2.24, 2.45) is 5.92 Å². The van der Waals surface area contributed by atoms with Crippen molar-refractivity contribution < 1.29 is 57.4 Å². The van der Waals surface area contributed by atoms with E-state index >= 15 is 4.39 Å². The number of imide groups is 1. The largest absolute Gasteiger partial charge is 0.458 e. The number of hydrogen-bond donors (Lipinski definition) is 7. The molecule has 5 aromatic rings. The van der Waals surface area contributed by atoms with Crippen molar-refractivity contribution in [3.05, 3.63) is 127 Å². The molecule has 4 aliphatic rings. The third-order valence-corrected chi connectivity index (χ3v) is 15.1. The average molecular weight is 1080 g/mol. The second-order valence-electron chi connectivity index (χ2n) is 20.4. The number of anilines is 1. The molecule has 5 heterocycles. The summed E-state index contributed by atoms with van der Waals surface area (Å²) in [5, 5.41) is 27.9. The number of nitrogens with zero attached hydrogens (tertiary/aromatic N) is 3. The van der Waals surface area contributed by atoms with Gasteiger partial charge in [0.2, 0.25) is 41.4 Å². The number of esters is 1. The van der Waals surface area contributed by atoms with Crippen molar-refractivity contribution in [3.8, 4) is 11.4 Å². The number of pyridine rings is 2. The van der Waals surface area contributed by atoms with Crippen LogP contribution in [0.1, 0.15) is 114 Å². The van der Waals surface area contributed by atoms with Crippen LogP contribution in [0.15, 0.2) is 71.5 Å². The lowest BCUT2D eigenvalue weighted by Gasteiger charge is -2.31. The molecule has 21 nitrogen and oxygen atoms in total. The summed E-state index contributed by atoms with van der Waals surface area (Å²) in [6.07, 6.45) is 2.78. The van der Waals surface area contributed by atoms with Gasteiger partial charge in [-0.2, -0.15) is 0 Å². The standard InChI is InChI=1S/C57H60FN9O12/c1-4-57(78)38-23-43-51-36(28-67(43)55(76)37(38)29-79-56(57)77)50-40(19-18-35-31(3)39(58)24-41(64-51)49(35)50)65-52(73)33-14-16-34(17-15-33)62-46(70)27-61-53(74)42(22-32-11-7-5-8-12-32)63-47(71)26-60-45(69)25-59-44(68)13-9-6-10-20-66-48(72)21-30(2)54(66)75/h5,7-8,11-12,14-17,23-24,30,40,42,78H,4,6,9-10,13,18-22,25-29H2,1-3H3,(H,59,68)(H,60,69)(H,61,74)(H,62,70)(H,63,71)(H,65,73)/t30?,40-,42-,57-/m0/s1. The molecule has 0 radical (unpaired) electrons. The number of cyclic esters (lactones) is 1. The molecule has 412 valence electrons. The Hall–Kier alpha value is -8.66. The molecule has 1 aliphatic carbocycles. The maximum atomic E-state index is 15.5. The molecule has 8 amide bonds. The number of nitrogens with one attached hydrogen (secondary N) is 6. The molecular weight excluding hydrogens is 1020 g/mol. The number of aromatic nitrogens is 2. The summed E-state index contributed by atoms with van der Waals surface area (Å²) in [5.41, 5.74) is 2.60. The van der Waals surface area contributed by atoms with Crippen molar-refractivity contribution in [1.82, 2.24) is 41.0 Å². The number of hydrogen-bond acceptors (Lipinski definition) is 13. The van der Waals surface area contributed by atoms with Gasteiger partial charge >= 0.3 is 5.97 Å². The van der Waals surface area contributed by atoms with Crippen LogP contribution in [-0.4, -0.2) is 105 Å². The summed E-state index contributed by atoms with van der Waals surface area (Å²) in [5.74, 6) is -5.48. The number of carbonyl (C=O) groups excluding carboxylic acids is 9. The minimum Gasteiger partial charge on any atom is -0.458 e. The van der Waals surface area contributed by atoms with Gasteiger partial charge in [-0.15, -0.1) is 0 Å². The van der Waals surface area contributed by atoms with Crippen LogP contribution < -0.4 is 37.5 Å². The monoisotopic (exact) mass is 1080 g/mol. The fraction of sp³-hybridized carbons (Fsp3) is 0.386. The number of rotatable bonds is 20. The molecular formula is C57H60FN9O12. The highest BCUT2D eigenvalue weighted by Gasteiger charge is 2.46. The maximum Gasteiger partial charge on any atom is 0.343 e. The zero-order chi connectivity index (χ0) is 56.3. The molecule has 22 heteroatoms. The number of carbonyl (C=O) groups is 9. The zero-order valence-corrected chi connectivity index (χ0v) is 43.8. The average Bonchev–Trinajstić information content (AvgIpc) is 3.83. The number of halogens is 1. The van der Waals surface area contributed by atoms with Gasteiger partial charge in [-0.25, -0.2) is 14.2 Å². The highest BCUT2D eigenvalue weighted by Crippen LogP contribution is 2.46. The number of ether oxygens (including phenoxy) is 1. The second kappa shape index (κ2) is 23.1. The molecule has 2 aromatic heterocycles. The number of fused-ring (bicyclic) bond motifs is 5. The van der Waals surface area contributed by atoms with Gasteiger partial charge < -0.3 is 46.3 Å². The van der Waals surface area contributed by atoms with E-state index in [2.05, 4.69) is 31.9 Å². The first-order chi connectivity index (χ1) is 37.8. The van der Waals surface area contributed by atoms with E-state index < -0.39 is 84.2 Å². The van der Waals surface area contributed by atoms with E-state index in [1.54, 1.807) is 57.2 Å². The molecule has 3 aromatic carbocycles. The summed E-state index contributed by atoms with van der Waals surface area (Å²) in [7, 11) is 0. The summed E-state index contributed by atoms with van der Waals surface area (Å²) in [6, 6.07) is 16.0. The Bertz CT molecular complexity index is 3400. The summed E-state index contributed by atoms with van der Waals surface area (Å²) in [4.78, 5) is 135. The molecule has 7 N–H and O–H groups in total. The normalized spacial score (nSPS) is 18.2. The van der Waals surface area contributed by atoms with Gasteiger partial charge in [-0.05, 0) is 91.6 Å². The van der Waals surface area contributed by atoms with Crippen molar-refractivity contribution in [2.75, 3.05) is 31.5 Å². The Kier molecular flexibility index (Phi) is 16.1. The minimum atomic E-state index is -2.05. The van der Waals surface area contributed by atoms with Crippen LogP contribution in [0.25, 0.3) is 22.3 Å². The van der Waals surface area contributed by atoms with Crippen molar-refractivity contribution in [2.45, 2.75) is 109 Å². The Morgan fingerprint density at radius 2 is 1.58 bits per heavy atom. The number of benzene rings is 3. The fourth-order valence-electron chi connectivity index (χ4n) is 10.8. The van der Waals surface area contributed by atoms with Gasteiger partial charge in [0.05, 0.1) is 54.7 Å². The second-order valence-corrected chi connectivity index (χ2v) is 20.4. The molecule has 0 spiro atoms. The fourth-order valence-corrected chi connectivity index (χ4v) is 10.8. The molecule has 3 aliphatic heterocycles. The topological polar surface area (TPSA) is 293 Å². The maximum absolute atomic E-state index is 15.5. The van der Waals surface area contributed by atoms with Crippen LogP contribution in [0.5, 0.6) is 0 Å². The van der Waals surface area contributed by atoms with Gasteiger partial charge in [0.25, 0.3) is 11.5 Å². The number of amides is 8. The summed E-state index contributed by atoms with van der Waals surface area (Å²) < 4.78 is 22.2. The highest BCUT2D eigenvalue weighted by atomic mass is 19.1. The van der Waals surface area contributed by atoms with E-state index in [9.17, 15) is 53.1 Å². The molecule has 4 atom stereocenters. The number of likely N-dealkylation sites (tertiary alicyclic amines) is 1. The predicted molar refractivity (Wildman–Crippen MR) is 283 cm³/mol. The zero-order valence-electron chi connectivity index (χ0n) is 43.8. The minimum absolute atomic E-state index is 0.0433. The quantitative estimate of drug-likeness (QED) is 0.0329. The van der Waals surface area contributed by atoms with E-state index in [0.717, 1.165) is 5.56 Å². The van der Waals surface area contributed by atoms with Crippen LogP contribution in [0.4, 0.5) is 10.1 Å². The van der Waals surface area contributed by atoms with Crippen molar-refractivity contribution >= 4 is 69.8 Å². The molecule has 79 heavy (non-hydrogen) atoms. The predicted octanol–water partition coefficient (Wildman–Crippen LogP) is 2.91. The number of aryl methyl sites for hydroxylation is 1. The van der Waals surface area contributed by atoms with E-state index in [1.165, 1.54) is 39.8 Å². The van der Waals surface area contributed by atoms with Gasteiger partial charge in [-0.3, -0.25) is 48.1 Å². The van der Waals surface area contributed by atoms with E-state index in [-0.39, 0.29) is 79.2 Å². The van der Waals surface area contributed by atoms with Crippen LogP contribution in [0.3, 0.4) is 0 Å². The first kappa shape index (κ1) is 55.1. The molecule has 9 rings (SSSR count). The molecule has 1 saturated heterocycles. The number of aliphatic hydroxyl groups is 1. The lowest BCUT2D eigenvalue weighted by molar-refractivity contribution is -0.172. The van der Waals surface area contributed by atoms with Crippen molar-refractivity contribution in [1.29, 1.82) is 0 Å². The van der Waals surface area contributed by atoms with Crippen molar-refractivity contribution in [3.63, 3.8) is 0 Å². The molecule has 0 bridgehead atoms. The van der Waals surface area contributed by atoms with Crippen LogP contribution >= 0.6 is 0 Å². The third-order valence-electron chi connectivity index (χ3n) is 15.1. The van der Waals surface area contributed by atoms with Gasteiger partial charge in [0, 0.05) is 65.6 Å². The van der Waals surface area contributed by atoms with E-state index in [4.69, 9.17) is 9.72 Å². The highest BCUT2D eigenvalue weighted by molar-refractivity contribution is 6.03. The SMILES string of the molecule is CC[C@@]1(O)C(=O)OCc2c1cc1n(c2=O)Cc2c-1nc1cc(F)c(C)c3c1c2[C@@H](NC(=O)c1ccc(NC(=O)CNC(=O)[C@H](Cc2ccccc2)NC(=O)CNC(=O)CNC(=O)CCCCCN2C(=O)CC(C)C2=O)cc1)CC3. The lowest BCUT2D eigenvalue weighted by atomic mass is 9.81. The van der Waals surface area contributed by atoms with Crippen LogP contribution in [-0.2, 0) is 74.7 Å². The smallest absolute Gasteiger partial charge is 0.343 e.